The van der Waals surface area contributed by atoms with E-state index in [0.717, 1.165) is 18.4 Å². The lowest BCUT2D eigenvalue weighted by atomic mass is 10.1. The number of aryl methyl sites for hydroxylation is 1. The van der Waals surface area contributed by atoms with Crippen LogP contribution in [-0.4, -0.2) is 38.5 Å². The first-order valence-corrected chi connectivity index (χ1v) is 12.8. The van der Waals surface area contributed by atoms with Gasteiger partial charge in [-0.3, -0.25) is 9.52 Å². The molecule has 1 fully saturated rings. The van der Waals surface area contributed by atoms with Crippen molar-refractivity contribution in [2.75, 3.05) is 17.9 Å². The van der Waals surface area contributed by atoms with Gasteiger partial charge in [-0.2, -0.15) is 0 Å². The molecule has 176 valence electrons. The largest absolute Gasteiger partial charge is 0.486 e. The number of hydrogen-bond acceptors (Lipinski definition) is 5. The summed E-state index contributed by atoms with van der Waals surface area (Å²) in [6.45, 7) is 3.41. The summed E-state index contributed by atoms with van der Waals surface area (Å²) in [5.41, 5.74) is 3.18. The van der Waals surface area contributed by atoms with Crippen LogP contribution in [0.4, 0.5) is 5.69 Å². The van der Waals surface area contributed by atoms with E-state index in [1.807, 2.05) is 36.1 Å². The Morgan fingerprint density at radius 1 is 0.941 bits per heavy atom. The number of ether oxygens (including phenoxy) is 2. The molecule has 1 amide bonds. The van der Waals surface area contributed by atoms with Crippen LogP contribution in [0.15, 0.2) is 71.6 Å². The molecule has 34 heavy (non-hydrogen) atoms. The number of amides is 1. The smallest absolute Gasteiger partial charge is 0.262 e. The molecule has 1 saturated carbocycles. The first-order chi connectivity index (χ1) is 16.4. The molecule has 8 heteroatoms. The number of hydrogen-bond donors (Lipinski definition) is 1. The van der Waals surface area contributed by atoms with E-state index in [0.29, 0.717) is 42.5 Å². The zero-order valence-electron chi connectivity index (χ0n) is 18.9. The molecule has 1 aliphatic carbocycles. The Labute approximate surface area is 199 Å². The maximum absolute atomic E-state index is 13.2. The predicted molar refractivity (Wildman–Crippen MR) is 129 cm³/mol. The average Bonchev–Trinajstić information content (AvgIpc) is 3.68. The number of nitrogens with zero attached hydrogens (tertiary/aromatic N) is 1. The topological polar surface area (TPSA) is 84.9 Å². The van der Waals surface area contributed by atoms with Crippen molar-refractivity contribution in [2.24, 2.45) is 0 Å². The van der Waals surface area contributed by atoms with Crippen LogP contribution in [-0.2, 0) is 16.6 Å². The fourth-order valence-electron chi connectivity index (χ4n) is 3.89. The number of carbonyl (C=O) groups is 1. The van der Waals surface area contributed by atoms with Crippen LogP contribution < -0.4 is 14.2 Å². The van der Waals surface area contributed by atoms with E-state index >= 15 is 0 Å². The van der Waals surface area contributed by atoms with Gasteiger partial charge in [0.15, 0.2) is 11.5 Å². The quantitative estimate of drug-likeness (QED) is 0.545. The molecule has 5 rings (SSSR count). The third-order valence-electron chi connectivity index (χ3n) is 5.93. The number of benzene rings is 3. The number of nitrogens with one attached hydrogen (secondary N) is 1. The minimum atomic E-state index is -3.82. The highest BCUT2D eigenvalue weighted by molar-refractivity contribution is 7.92. The second-order valence-corrected chi connectivity index (χ2v) is 10.3. The highest BCUT2D eigenvalue weighted by Crippen LogP contribution is 2.33. The lowest BCUT2D eigenvalue weighted by molar-refractivity contribution is 0.0730. The fraction of sp³-hybridized carbons (Fsp3) is 0.269. The van der Waals surface area contributed by atoms with Crippen LogP contribution >= 0.6 is 0 Å². The Morgan fingerprint density at radius 2 is 1.62 bits per heavy atom. The highest BCUT2D eigenvalue weighted by Gasteiger charge is 2.33. The molecule has 0 saturated heterocycles. The summed E-state index contributed by atoms with van der Waals surface area (Å²) in [4.78, 5) is 15.2. The van der Waals surface area contributed by atoms with Crippen LogP contribution in [0.2, 0.25) is 0 Å². The first-order valence-electron chi connectivity index (χ1n) is 11.3. The Bertz CT molecular complexity index is 1300. The maximum Gasteiger partial charge on any atom is 0.262 e. The van der Waals surface area contributed by atoms with Crippen molar-refractivity contribution in [3.63, 3.8) is 0 Å². The Kier molecular flexibility index (Phi) is 5.91. The number of carbonyl (C=O) groups excluding carboxylic acids is 1. The second-order valence-electron chi connectivity index (χ2n) is 8.64. The minimum absolute atomic E-state index is 0.0516. The van der Waals surface area contributed by atoms with Gasteiger partial charge in [0.2, 0.25) is 0 Å². The second kappa shape index (κ2) is 9.02. The summed E-state index contributed by atoms with van der Waals surface area (Å²) in [6.07, 6.45) is 2.01. The zero-order chi connectivity index (χ0) is 23.7. The van der Waals surface area contributed by atoms with Gasteiger partial charge in [-0.25, -0.2) is 8.42 Å². The van der Waals surface area contributed by atoms with Gasteiger partial charge in [0.1, 0.15) is 13.2 Å². The van der Waals surface area contributed by atoms with E-state index in [2.05, 4.69) is 4.72 Å². The van der Waals surface area contributed by atoms with Crippen molar-refractivity contribution in [1.82, 2.24) is 4.90 Å². The molecule has 0 aromatic heterocycles. The van der Waals surface area contributed by atoms with Crippen LogP contribution in [0.1, 0.15) is 34.3 Å². The van der Waals surface area contributed by atoms with Crippen LogP contribution in [0, 0.1) is 6.92 Å². The molecular formula is C26H26N2O5S. The molecule has 1 N–H and O–H groups in total. The van der Waals surface area contributed by atoms with Gasteiger partial charge in [0.25, 0.3) is 15.9 Å². The average molecular weight is 479 g/mol. The summed E-state index contributed by atoms with van der Waals surface area (Å²) in [5.74, 6) is 0.882. The fourth-order valence-corrected chi connectivity index (χ4v) is 4.97. The van der Waals surface area contributed by atoms with Gasteiger partial charge in [0.05, 0.1) is 4.90 Å². The van der Waals surface area contributed by atoms with Crippen molar-refractivity contribution in [3.05, 3.63) is 83.4 Å². The molecular weight excluding hydrogens is 452 g/mol. The summed E-state index contributed by atoms with van der Waals surface area (Å²) >= 11 is 0. The van der Waals surface area contributed by atoms with Gasteiger partial charge in [-0.05, 0) is 61.7 Å². The van der Waals surface area contributed by atoms with Gasteiger partial charge < -0.3 is 14.4 Å². The van der Waals surface area contributed by atoms with Crippen molar-refractivity contribution < 1.29 is 22.7 Å². The summed E-state index contributed by atoms with van der Waals surface area (Å²) < 4.78 is 39.2. The normalized spacial score (nSPS) is 15.0. The molecule has 0 spiro atoms. The number of fused-ring (bicyclic) bond motifs is 1. The molecule has 0 atom stereocenters. The summed E-state index contributed by atoms with van der Waals surface area (Å²) in [6, 6.07) is 19.5. The van der Waals surface area contributed by atoms with E-state index in [4.69, 9.17) is 9.47 Å². The van der Waals surface area contributed by atoms with Crippen molar-refractivity contribution in [2.45, 2.75) is 37.2 Å². The van der Waals surface area contributed by atoms with Crippen molar-refractivity contribution >= 4 is 21.6 Å². The number of sulfonamides is 1. The molecule has 1 heterocycles. The standard InChI is InChI=1S/C26H26N2O5S/c1-18-2-4-19(5-3-18)17-28(22-10-11-22)26(29)20-6-8-21(9-7-20)27-34(30,31)23-12-13-24-25(16-23)33-15-14-32-24/h2-9,12-13,16,22,27H,10-11,14-15,17H2,1H3. The highest BCUT2D eigenvalue weighted by atomic mass is 32.2. The molecule has 3 aromatic carbocycles. The summed E-state index contributed by atoms with van der Waals surface area (Å²) in [5, 5.41) is 0. The third kappa shape index (κ3) is 4.87. The Balaban J connectivity index is 1.29. The molecule has 1 aliphatic heterocycles. The van der Waals surface area contributed by atoms with E-state index in [-0.39, 0.29) is 16.8 Å². The van der Waals surface area contributed by atoms with Gasteiger partial charge in [-0.1, -0.05) is 29.8 Å². The molecule has 3 aromatic rings. The van der Waals surface area contributed by atoms with Gasteiger partial charge in [-0.15, -0.1) is 0 Å². The molecule has 0 unspecified atom stereocenters. The predicted octanol–water partition coefficient (Wildman–Crippen LogP) is 4.37. The van der Waals surface area contributed by atoms with E-state index in [1.165, 1.54) is 17.7 Å². The lowest BCUT2D eigenvalue weighted by Gasteiger charge is -2.23. The van der Waals surface area contributed by atoms with Gasteiger partial charge >= 0.3 is 0 Å². The van der Waals surface area contributed by atoms with E-state index < -0.39 is 10.0 Å². The maximum atomic E-state index is 13.2. The number of rotatable bonds is 7. The van der Waals surface area contributed by atoms with Crippen LogP contribution in [0.3, 0.4) is 0 Å². The molecule has 2 aliphatic rings. The zero-order valence-corrected chi connectivity index (χ0v) is 19.7. The Hall–Kier alpha value is -3.52. The van der Waals surface area contributed by atoms with Crippen LogP contribution in [0.5, 0.6) is 11.5 Å². The van der Waals surface area contributed by atoms with Crippen LogP contribution in [0.25, 0.3) is 0 Å². The van der Waals surface area contributed by atoms with E-state index in [9.17, 15) is 13.2 Å². The van der Waals surface area contributed by atoms with Gasteiger partial charge in [0, 0.05) is 29.9 Å². The summed E-state index contributed by atoms with van der Waals surface area (Å²) in [7, 11) is -3.82. The monoisotopic (exact) mass is 478 g/mol. The van der Waals surface area contributed by atoms with E-state index in [1.54, 1.807) is 30.3 Å². The third-order valence-corrected chi connectivity index (χ3v) is 7.31. The van der Waals surface area contributed by atoms with Crippen molar-refractivity contribution in [1.29, 1.82) is 0 Å². The minimum Gasteiger partial charge on any atom is -0.486 e. The number of anilines is 1. The Morgan fingerprint density at radius 3 is 2.29 bits per heavy atom. The molecule has 0 bridgehead atoms. The molecule has 0 radical (unpaired) electrons. The SMILES string of the molecule is Cc1ccc(CN(C(=O)c2ccc(NS(=O)(=O)c3ccc4c(c3)OCCO4)cc2)C2CC2)cc1. The lowest BCUT2D eigenvalue weighted by Crippen LogP contribution is -2.32. The first kappa shape index (κ1) is 22.3. The molecule has 7 nitrogen and oxygen atoms in total. The van der Waals surface area contributed by atoms with Crippen molar-refractivity contribution in [3.8, 4) is 11.5 Å².